The summed E-state index contributed by atoms with van der Waals surface area (Å²) in [6.07, 6.45) is 1.74. The van der Waals surface area contributed by atoms with E-state index in [1.807, 2.05) is 26.0 Å². The van der Waals surface area contributed by atoms with Crippen LogP contribution in [-0.2, 0) is 7.05 Å². The van der Waals surface area contributed by atoms with E-state index in [1.165, 1.54) is 10.6 Å². The second-order valence-electron chi connectivity index (χ2n) is 4.80. The van der Waals surface area contributed by atoms with E-state index in [-0.39, 0.29) is 17.4 Å². The summed E-state index contributed by atoms with van der Waals surface area (Å²) in [7, 11) is 1.71. The number of phenols is 1. The number of anilines is 1. The molecular formula is C15H18N2O2. The van der Waals surface area contributed by atoms with Gasteiger partial charge in [-0.15, -0.1) is 0 Å². The third kappa shape index (κ3) is 2.96. The minimum Gasteiger partial charge on any atom is -0.508 e. The molecule has 2 rings (SSSR count). The minimum atomic E-state index is -0.0450. The predicted octanol–water partition coefficient (Wildman–Crippen LogP) is 2.57. The number of aromatic hydroxyl groups is 1. The lowest BCUT2D eigenvalue weighted by molar-refractivity contribution is 0.465. The number of rotatable bonds is 3. The second kappa shape index (κ2) is 5.18. The highest BCUT2D eigenvalue weighted by Gasteiger charge is 2.10. The molecule has 2 aromatic rings. The van der Waals surface area contributed by atoms with E-state index in [1.54, 1.807) is 25.4 Å². The number of aromatic nitrogens is 1. The van der Waals surface area contributed by atoms with Crippen molar-refractivity contribution >= 4 is 5.69 Å². The maximum Gasteiger partial charge on any atom is 0.250 e. The molecule has 1 heterocycles. The predicted molar refractivity (Wildman–Crippen MR) is 76.6 cm³/mol. The van der Waals surface area contributed by atoms with Crippen molar-refractivity contribution in [3.8, 4) is 5.75 Å². The van der Waals surface area contributed by atoms with Crippen LogP contribution in [0.25, 0.3) is 0 Å². The molecule has 100 valence electrons. The lowest BCUT2D eigenvalue weighted by Crippen LogP contribution is -2.16. The standard InChI is InChI=1S/C15H18N2O2/c1-10-4-6-13(14(18)8-10)11(2)16-12-5-7-15(19)17(3)9-12/h4-9,11,16,18H,1-3H3. The normalized spacial score (nSPS) is 12.2. The zero-order valence-electron chi connectivity index (χ0n) is 11.3. The highest BCUT2D eigenvalue weighted by Crippen LogP contribution is 2.27. The first-order valence-corrected chi connectivity index (χ1v) is 6.20. The number of benzene rings is 1. The molecule has 0 fully saturated rings. The molecule has 0 aliphatic rings. The van der Waals surface area contributed by atoms with E-state index in [2.05, 4.69) is 5.32 Å². The summed E-state index contributed by atoms with van der Waals surface area (Å²) in [6, 6.07) is 8.83. The fraction of sp³-hybridized carbons (Fsp3) is 0.267. The van der Waals surface area contributed by atoms with E-state index < -0.39 is 0 Å². The molecule has 0 radical (unpaired) electrons. The molecule has 0 saturated heterocycles. The third-order valence-corrected chi connectivity index (χ3v) is 3.12. The first-order chi connectivity index (χ1) is 8.97. The number of nitrogens with one attached hydrogen (secondary N) is 1. The van der Waals surface area contributed by atoms with Gasteiger partial charge < -0.3 is 15.0 Å². The lowest BCUT2D eigenvalue weighted by atomic mass is 10.0. The summed E-state index contributed by atoms with van der Waals surface area (Å²) in [5, 5.41) is 13.2. The monoisotopic (exact) mass is 258 g/mol. The van der Waals surface area contributed by atoms with Crippen LogP contribution in [0, 0.1) is 6.92 Å². The Labute approximate surface area is 112 Å². The molecule has 1 atom stereocenters. The number of nitrogens with zero attached hydrogens (tertiary/aromatic N) is 1. The van der Waals surface area contributed by atoms with Gasteiger partial charge in [0.15, 0.2) is 0 Å². The number of hydrogen-bond acceptors (Lipinski definition) is 3. The number of phenolic OH excluding ortho intramolecular Hbond substituents is 1. The highest BCUT2D eigenvalue weighted by atomic mass is 16.3. The van der Waals surface area contributed by atoms with Crippen molar-refractivity contribution in [1.29, 1.82) is 0 Å². The van der Waals surface area contributed by atoms with E-state index >= 15 is 0 Å². The fourth-order valence-electron chi connectivity index (χ4n) is 2.03. The van der Waals surface area contributed by atoms with E-state index in [0.29, 0.717) is 0 Å². The molecule has 19 heavy (non-hydrogen) atoms. The summed E-state index contributed by atoms with van der Waals surface area (Å²) in [4.78, 5) is 11.3. The van der Waals surface area contributed by atoms with Crippen molar-refractivity contribution in [1.82, 2.24) is 4.57 Å². The van der Waals surface area contributed by atoms with Crippen LogP contribution in [0.3, 0.4) is 0 Å². The van der Waals surface area contributed by atoms with Crippen molar-refractivity contribution in [3.05, 3.63) is 58.0 Å². The number of hydrogen-bond donors (Lipinski definition) is 2. The van der Waals surface area contributed by atoms with Crippen LogP contribution in [0.15, 0.2) is 41.3 Å². The van der Waals surface area contributed by atoms with E-state index in [4.69, 9.17) is 0 Å². The second-order valence-corrected chi connectivity index (χ2v) is 4.80. The van der Waals surface area contributed by atoms with Crippen LogP contribution < -0.4 is 10.9 Å². The van der Waals surface area contributed by atoms with Crippen LogP contribution in [0.4, 0.5) is 5.69 Å². The smallest absolute Gasteiger partial charge is 0.250 e. The van der Waals surface area contributed by atoms with Crippen molar-refractivity contribution in [2.24, 2.45) is 7.05 Å². The summed E-state index contributed by atoms with van der Waals surface area (Å²) in [6.45, 7) is 3.91. The Morgan fingerprint density at radius 1 is 1.26 bits per heavy atom. The molecule has 0 spiro atoms. The Hall–Kier alpha value is -2.23. The Morgan fingerprint density at radius 2 is 2.00 bits per heavy atom. The topological polar surface area (TPSA) is 54.3 Å². The van der Waals surface area contributed by atoms with Gasteiger partial charge in [0, 0.05) is 24.9 Å². The maximum atomic E-state index is 11.3. The van der Waals surface area contributed by atoms with E-state index in [0.717, 1.165) is 16.8 Å². The van der Waals surface area contributed by atoms with Crippen LogP contribution in [0.1, 0.15) is 24.1 Å². The number of aryl methyl sites for hydroxylation is 2. The van der Waals surface area contributed by atoms with Gasteiger partial charge in [-0.3, -0.25) is 4.79 Å². The van der Waals surface area contributed by atoms with E-state index in [9.17, 15) is 9.90 Å². The largest absolute Gasteiger partial charge is 0.508 e. The molecule has 1 aromatic heterocycles. The Kier molecular flexibility index (Phi) is 3.60. The fourth-order valence-corrected chi connectivity index (χ4v) is 2.03. The molecule has 0 saturated carbocycles. The quantitative estimate of drug-likeness (QED) is 0.889. The molecule has 0 aliphatic heterocycles. The average Bonchev–Trinajstić information content (AvgIpc) is 2.33. The van der Waals surface area contributed by atoms with Gasteiger partial charge in [-0.2, -0.15) is 0 Å². The van der Waals surface area contributed by atoms with Gasteiger partial charge in [-0.05, 0) is 31.5 Å². The molecular weight excluding hydrogens is 240 g/mol. The Bertz CT molecular complexity index is 647. The maximum absolute atomic E-state index is 11.3. The first kappa shape index (κ1) is 13.2. The molecule has 0 amide bonds. The first-order valence-electron chi connectivity index (χ1n) is 6.20. The Balaban J connectivity index is 2.22. The Morgan fingerprint density at radius 3 is 2.63 bits per heavy atom. The molecule has 4 heteroatoms. The van der Waals surface area contributed by atoms with Gasteiger partial charge in [-0.1, -0.05) is 12.1 Å². The summed E-state index contributed by atoms with van der Waals surface area (Å²) >= 11 is 0. The van der Waals surface area contributed by atoms with Gasteiger partial charge >= 0.3 is 0 Å². The molecule has 4 nitrogen and oxygen atoms in total. The minimum absolute atomic E-state index is 0.0434. The van der Waals surface area contributed by atoms with Crippen molar-refractivity contribution in [2.75, 3.05) is 5.32 Å². The van der Waals surface area contributed by atoms with Crippen molar-refractivity contribution in [3.63, 3.8) is 0 Å². The summed E-state index contributed by atoms with van der Waals surface area (Å²) in [5.74, 6) is 0.282. The van der Waals surface area contributed by atoms with Gasteiger partial charge in [0.1, 0.15) is 5.75 Å². The molecule has 1 aromatic carbocycles. The average molecular weight is 258 g/mol. The van der Waals surface area contributed by atoms with Crippen LogP contribution in [-0.4, -0.2) is 9.67 Å². The summed E-state index contributed by atoms with van der Waals surface area (Å²) in [5.41, 5.74) is 2.65. The van der Waals surface area contributed by atoms with Gasteiger partial charge in [0.2, 0.25) is 5.56 Å². The molecule has 2 N–H and O–H groups in total. The van der Waals surface area contributed by atoms with Crippen molar-refractivity contribution < 1.29 is 5.11 Å². The number of pyridine rings is 1. The summed E-state index contributed by atoms with van der Waals surface area (Å²) < 4.78 is 1.52. The van der Waals surface area contributed by atoms with Crippen LogP contribution in [0.2, 0.25) is 0 Å². The van der Waals surface area contributed by atoms with Gasteiger partial charge in [0.05, 0.1) is 11.7 Å². The highest BCUT2D eigenvalue weighted by molar-refractivity contribution is 5.46. The molecule has 1 unspecified atom stereocenters. The zero-order chi connectivity index (χ0) is 14.0. The zero-order valence-corrected chi connectivity index (χ0v) is 11.3. The molecule has 0 bridgehead atoms. The van der Waals surface area contributed by atoms with Gasteiger partial charge in [0.25, 0.3) is 0 Å². The lowest BCUT2D eigenvalue weighted by Gasteiger charge is -2.17. The SMILES string of the molecule is Cc1ccc(C(C)Nc2ccc(=O)n(C)c2)c(O)c1. The van der Waals surface area contributed by atoms with Crippen molar-refractivity contribution in [2.45, 2.75) is 19.9 Å². The third-order valence-electron chi connectivity index (χ3n) is 3.12. The van der Waals surface area contributed by atoms with Crippen LogP contribution in [0.5, 0.6) is 5.75 Å². The molecule has 0 aliphatic carbocycles. The van der Waals surface area contributed by atoms with Gasteiger partial charge in [-0.25, -0.2) is 0 Å². The van der Waals surface area contributed by atoms with Crippen LogP contribution >= 0.6 is 0 Å².